The lowest BCUT2D eigenvalue weighted by molar-refractivity contribution is 0.951. The Morgan fingerprint density at radius 3 is 2.28 bits per heavy atom. The van der Waals surface area contributed by atoms with Crippen LogP contribution in [0.5, 0.6) is 0 Å². The molecule has 18 heavy (non-hydrogen) atoms. The number of amidine groups is 1. The molecule has 0 aliphatic heterocycles. The first-order valence-corrected chi connectivity index (χ1v) is 5.56. The number of rotatable bonds is 3. The predicted molar refractivity (Wildman–Crippen MR) is 72.3 cm³/mol. The molecule has 5 heteroatoms. The monoisotopic (exact) mass is 241 g/mol. The van der Waals surface area contributed by atoms with Gasteiger partial charge in [-0.15, -0.1) is 5.10 Å². The number of benzene rings is 1. The number of nitrogens with two attached hydrogens (primary N) is 1. The van der Waals surface area contributed by atoms with Crippen molar-refractivity contribution >= 4 is 17.3 Å². The van der Waals surface area contributed by atoms with Crippen LogP contribution in [-0.4, -0.2) is 23.1 Å². The zero-order chi connectivity index (χ0) is 13.1. The van der Waals surface area contributed by atoms with Crippen LogP contribution in [0.1, 0.15) is 11.3 Å². The van der Waals surface area contributed by atoms with E-state index < -0.39 is 0 Å². The number of aryl methyl sites for hydroxylation is 1. The molecule has 0 amide bonds. The summed E-state index contributed by atoms with van der Waals surface area (Å²) in [6, 6.07) is 11.3. The Morgan fingerprint density at radius 1 is 1.11 bits per heavy atom. The smallest absolute Gasteiger partial charge is 0.155 e. The van der Waals surface area contributed by atoms with Crippen LogP contribution < -0.4 is 10.6 Å². The summed E-state index contributed by atoms with van der Waals surface area (Å²) in [5, 5.41) is 15.5. The molecule has 0 fully saturated rings. The van der Waals surface area contributed by atoms with E-state index in [9.17, 15) is 0 Å². The second-order valence-electron chi connectivity index (χ2n) is 4.05. The molecule has 0 aliphatic carbocycles. The summed E-state index contributed by atoms with van der Waals surface area (Å²) in [7, 11) is 1.92. The number of aromatic nitrogens is 2. The third-order valence-electron chi connectivity index (χ3n) is 2.69. The van der Waals surface area contributed by atoms with E-state index in [-0.39, 0.29) is 5.84 Å². The van der Waals surface area contributed by atoms with Crippen molar-refractivity contribution in [3.63, 3.8) is 0 Å². The van der Waals surface area contributed by atoms with Gasteiger partial charge in [0.05, 0.1) is 5.69 Å². The highest BCUT2D eigenvalue weighted by Gasteiger charge is 2.06. The van der Waals surface area contributed by atoms with Gasteiger partial charge in [0.1, 0.15) is 5.84 Å². The minimum Gasteiger partial charge on any atom is -0.384 e. The fourth-order valence-corrected chi connectivity index (χ4v) is 1.57. The summed E-state index contributed by atoms with van der Waals surface area (Å²) in [5.74, 6) is 0.843. The Labute approximate surface area is 106 Å². The van der Waals surface area contributed by atoms with Crippen molar-refractivity contribution in [3.05, 3.63) is 47.7 Å². The number of anilines is 2. The molecule has 0 radical (unpaired) electrons. The first kappa shape index (κ1) is 12.0. The maximum absolute atomic E-state index is 7.34. The predicted octanol–water partition coefficient (Wildman–Crippen LogP) is 1.84. The maximum atomic E-state index is 7.34. The average molecular weight is 241 g/mol. The number of hydrogen-bond acceptors (Lipinski definition) is 4. The van der Waals surface area contributed by atoms with Crippen LogP contribution in [0.3, 0.4) is 0 Å². The van der Waals surface area contributed by atoms with Gasteiger partial charge in [0.25, 0.3) is 0 Å². The van der Waals surface area contributed by atoms with Crippen LogP contribution in [0, 0.1) is 12.3 Å². The highest BCUT2D eigenvalue weighted by atomic mass is 15.2. The quantitative estimate of drug-likeness (QED) is 0.634. The van der Waals surface area contributed by atoms with Gasteiger partial charge in [0.2, 0.25) is 0 Å². The van der Waals surface area contributed by atoms with Crippen molar-refractivity contribution in [2.75, 3.05) is 11.9 Å². The van der Waals surface area contributed by atoms with Crippen LogP contribution >= 0.6 is 0 Å². The van der Waals surface area contributed by atoms with Gasteiger partial charge < -0.3 is 10.6 Å². The standard InChI is InChI=1S/C13H15N5/c1-9-3-8-12(17-16-9)18(2)11-6-4-10(5-7-11)13(14)15/h3-8H,1-2H3,(H3,14,15). The van der Waals surface area contributed by atoms with E-state index in [1.54, 1.807) is 0 Å². The Balaban J connectivity index is 2.25. The summed E-state index contributed by atoms with van der Waals surface area (Å²) in [4.78, 5) is 1.93. The molecule has 2 rings (SSSR count). The van der Waals surface area contributed by atoms with E-state index in [1.807, 2.05) is 55.3 Å². The van der Waals surface area contributed by atoms with Crippen LogP contribution in [0.25, 0.3) is 0 Å². The van der Waals surface area contributed by atoms with Gasteiger partial charge in [0.15, 0.2) is 5.82 Å². The first-order valence-electron chi connectivity index (χ1n) is 5.56. The topological polar surface area (TPSA) is 78.9 Å². The van der Waals surface area contributed by atoms with Crippen molar-refractivity contribution in [1.29, 1.82) is 5.41 Å². The van der Waals surface area contributed by atoms with Crippen molar-refractivity contribution < 1.29 is 0 Å². The Kier molecular flexibility index (Phi) is 3.23. The first-order chi connectivity index (χ1) is 8.58. The molecule has 5 nitrogen and oxygen atoms in total. The molecule has 1 aromatic heterocycles. The van der Waals surface area contributed by atoms with Gasteiger partial charge >= 0.3 is 0 Å². The molecule has 0 unspecified atom stereocenters. The van der Waals surface area contributed by atoms with Crippen LogP contribution in [0.2, 0.25) is 0 Å². The lowest BCUT2D eigenvalue weighted by Crippen LogP contribution is -2.14. The average Bonchev–Trinajstić information content (AvgIpc) is 2.39. The minimum atomic E-state index is 0.0688. The third kappa shape index (κ3) is 2.45. The van der Waals surface area contributed by atoms with E-state index in [0.717, 1.165) is 17.2 Å². The summed E-state index contributed by atoms with van der Waals surface area (Å²) in [6.45, 7) is 1.90. The van der Waals surface area contributed by atoms with Gasteiger partial charge in [-0.05, 0) is 43.3 Å². The molecule has 0 saturated heterocycles. The normalized spacial score (nSPS) is 10.1. The fourth-order valence-electron chi connectivity index (χ4n) is 1.57. The van der Waals surface area contributed by atoms with Gasteiger partial charge in [-0.3, -0.25) is 5.41 Å². The lowest BCUT2D eigenvalue weighted by Gasteiger charge is -2.17. The van der Waals surface area contributed by atoms with Crippen molar-refractivity contribution in [2.24, 2.45) is 5.73 Å². The summed E-state index contributed by atoms with van der Waals surface area (Å²) < 4.78 is 0. The van der Waals surface area contributed by atoms with Crippen molar-refractivity contribution in [3.8, 4) is 0 Å². The van der Waals surface area contributed by atoms with Gasteiger partial charge in [-0.2, -0.15) is 5.10 Å². The molecule has 0 spiro atoms. The lowest BCUT2D eigenvalue weighted by atomic mass is 10.2. The highest BCUT2D eigenvalue weighted by Crippen LogP contribution is 2.21. The minimum absolute atomic E-state index is 0.0688. The van der Waals surface area contributed by atoms with Crippen LogP contribution in [0.15, 0.2) is 36.4 Å². The molecule has 0 atom stereocenters. The molecule has 92 valence electrons. The number of nitrogen functional groups attached to an aromatic ring is 1. The SMILES string of the molecule is Cc1ccc(N(C)c2ccc(C(=N)N)cc2)nn1. The summed E-state index contributed by atoms with van der Waals surface area (Å²) in [6.07, 6.45) is 0. The molecular weight excluding hydrogens is 226 g/mol. The molecule has 3 N–H and O–H groups in total. The molecule has 1 aromatic carbocycles. The van der Waals surface area contributed by atoms with E-state index >= 15 is 0 Å². The van der Waals surface area contributed by atoms with Crippen LogP contribution in [0.4, 0.5) is 11.5 Å². The molecule has 0 saturated carbocycles. The van der Waals surface area contributed by atoms with E-state index in [2.05, 4.69) is 10.2 Å². The van der Waals surface area contributed by atoms with Crippen LogP contribution in [-0.2, 0) is 0 Å². The van der Waals surface area contributed by atoms with Gasteiger partial charge in [0, 0.05) is 18.3 Å². The second-order valence-corrected chi connectivity index (χ2v) is 4.05. The highest BCUT2D eigenvalue weighted by molar-refractivity contribution is 5.95. The molecular formula is C13H15N5. The fraction of sp³-hybridized carbons (Fsp3) is 0.154. The summed E-state index contributed by atoms with van der Waals surface area (Å²) in [5.41, 5.74) is 7.98. The molecule has 2 aromatic rings. The maximum Gasteiger partial charge on any atom is 0.155 e. The Bertz CT molecular complexity index is 545. The van der Waals surface area contributed by atoms with E-state index in [1.165, 1.54) is 0 Å². The van der Waals surface area contributed by atoms with Crippen molar-refractivity contribution in [1.82, 2.24) is 10.2 Å². The zero-order valence-corrected chi connectivity index (χ0v) is 10.4. The summed E-state index contributed by atoms with van der Waals surface area (Å²) >= 11 is 0. The molecule has 0 aliphatic rings. The van der Waals surface area contributed by atoms with Gasteiger partial charge in [-0.1, -0.05) is 0 Å². The number of nitrogens with zero attached hydrogens (tertiary/aromatic N) is 3. The Morgan fingerprint density at radius 2 is 1.78 bits per heavy atom. The second kappa shape index (κ2) is 4.83. The van der Waals surface area contributed by atoms with Crippen molar-refractivity contribution in [2.45, 2.75) is 6.92 Å². The number of nitrogens with one attached hydrogen (secondary N) is 1. The van der Waals surface area contributed by atoms with E-state index in [0.29, 0.717) is 5.56 Å². The van der Waals surface area contributed by atoms with Gasteiger partial charge in [-0.25, -0.2) is 0 Å². The largest absolute Gasteiger partial charge is 0.384 e. The zero-order valence-electron chi connectivity index (χ0n) is 10.4. The third-order valence-corrected chi connectivity index (χ3v) is 2.69. The molecule has 0 bridgehead atoms. The van der Waals surface area contributed by atoms with E-state index in [4.69, 9.17) is 11.1 Å². The molecule has 1 heterocycles. The number of hydrogen-bond donors (Lipinski definition) is 2. The Hall–Kier alpha value is -2.43.